The maximum Gasteiger partial charge on any atom is 0.0643 e. The van der Waals surface area contributed by atoms with E-state index in [4.69, 9.17) is 4.74 Å². The molecule has 2 rings (SSSR count). The van der Waals surface area contributed by atoms with Crippen molar-refractivity contribution in [3.05, 3.63) is 35.9 Å². The van der Waals surface area contributed by atoms with Crippen LogP contribution in [0.4, 0.5) is 0 Å². The van der Waals surface area contributed by atoms with Crippen LogP contribution in [-0.4, -0.2) is 19.3 Å². The zero-order valence-electron chi connectivity index (χ0n) is 9.99. The Bertz CT molecular complexity index is 295. The fourth-order valence-corrected chi connectivity index (χ4v) is 2.06. The van der Waals surface area contributed by atoms with E-state index in [-0.39, 0.29) is 0 Å². The van der Waals surface area contributed by atoms with Crippen LogP contribution in [0, 0.1) is 0 Å². The molecule has 16 heavy (non-hydrogen) atoms. The fourth-order valence-electron chi connectivity index (χ4n) is 2.06. The fraction of sp³-hybridized carbons (Fsp3) is 0.571. The normalized spacial score (nSPS) is 18.1. The highest BCUT2D eigenvalue weighted by molar-refractivity contribution is 5.19. The van der Waals surface area contributed by atoms with Crippen molar-refractivity contribution in [3.8, 4) is 0 Å². The van der Waals surface area contributed by atoms with Crippen LogP contribution in [0.2, 0.25) is 0 Å². The number of nitrogens with one attached hydrogen (secondary N) is 1. The van der Waals surface area contributed by atoms with Gasteiger partial charge in [0.05, 0.1) is 19.3 Å². The highest BCUT2D eigenvalue weighted by Gasteiger charge is 2.22. The van der Waals surface area contributed by atoms with E-state index >= 15 is 0 Å². The minimum absolute atomic E-state index is 0.495. The van der Waals surface area contributed by atoms with Crippen LogP contribution in [0.1, 0.15) is 37.8 Å². The molecule has 1 unspecified atom stereocenters. The highest BCUT2D eigenvalue weighted by atomic mass is 16.5. The van der Waals surface area contributed by atoms with Gasteiger partial charge in [-0.1, -0.05) is 50.1 Å². The lowest BCUT2D eigenvalue weighted by atomic mass is 10.00. The van der Waals surface area contributed by atoms with Gasteiger partial charge >= 0.3 is 0 Å². The Morgan fingerprint density at radius 1 is 1.31 bits per heavy atom. The van der Waals surface area contributed by atoms with Crippen LogP contribution in [0.15, 0.2) is 30.3 Å². The average molecular weight is 219 g/mol. The summed E-state index contributed by atoms with van der Waals surface area (Å²) >= 11 is 0. The molecule has 1 aromatic rings. The molecule has 88 valence electrons. The maximum atomic E-state index is 5.21. The van der Waals surface area contributed by atoms with Crippen LogP contribution in [0.5, 0.6) is 0 Å². The Morgan fingerprint density at radius 3 is 2.62 bits per heavy atom. The summed E-state index contributed by atoms with van der Waals surface area (Å²) in [6.07, 6.45) is 3.75. The van der Waals surface area contributed by atoms with Gasteiger partial charge in [0, 0.05) is 6.04 Å². The van der Waals surface area contributed by atoms with Gasteiger partial charge in [-0.25, -0.2) is 0 Å². The van der Waals surface area contributed by atoms with Crippen LogP contribution in [0.25, 0.3) is 0 Å². The van der Waals surface area contributed by atoms with E-state index in [0.29, 0.717) is 12.1 Å². The van der Waals surface area contributed by atoms with Crippen molar-refractivity contribution in [2.24, 2.45) is 0 Å². The standard InChI is InChI=1S/C14H21NO/c1-2-3-9-14(15-13-10-16-11-13)12-7-5-4-6-8-12/h4-8,13-15H,2-3,9-11H2,1H3. The number of hydrogen-bond donors (Lipinski definition) is 1. The molecule has 1 fully saturated rings. The Kier molecular flexibility index (Phi) is 4.37. The summed E-state index contributed by atoms with van der Waals surface area (Å²) in [7, 11) is 0. The van der Waals surface area contributed by atoms with Gasteiger partial charge in [-0.2, -0.15) is 0 Å². The number of rotatable bonds is 6. The molecule has 0 saturated carbocycles. The number of unbranched alkanes of at least 4 members (excludes halogenated alkanes) is 1. The first-order chi connectivity index (χ1) is 7.90. The lowest BCUT2D eigenvalue weighted by molar-refractivity contribution is -0.0107. The van der Waals surface area contributed by atoms with Crippen LogP contribution >= 0.6 is 0 Å². The summed E-state index contributed by atoms with van der Waals surface area (Å²) in [5, 5.41) is 3.68. The molecule has 0 aliphatic carbocycles. The van der Waals surface area contributed by atoms with Gasteiger partial charge in [0.2, 0.25) is 0 Å². The Hall–Kier alpha value is -0.860. The maximum absolute atomic E-state index is 5.21. The summed E-state index contributed by atoms with van der Waals surface area (Å²) in [4.78, 5) is 0. The summed E-state index contributed by atoms with van der Waals surface area (Å²) in [5.74, 6) is 0. The molecule has 0 amide bonds. The first-order valence-electron chi connectivity index (χ1n) is 6.29. The SMILES string of the molecule is CCCCC(NC1COC1)c1ccccc1. The second kappa shape index (κ2) is 6.02. The average Bonchev–Trinajstić information content (AvgIpc) is 2.28. The van der Waals surface area contributed by atoms with Crippen LogP contribution in [-0.2, 0) is 4.74 Å². The van der Waals surface area contributed by atoms with Gasteiger partial charge in [0.25, 0.3) is 0 Å². The summed E-state index contributed by atoms with van der Waals surface area (Å²) in [6.45, 7) is 3.99. The third-order valence-electron chi connectivity index (χ3n) is 3.12. The van der Waals surface area contributed by atoms with Gasteiger partial charge < -0.3 is 10.1 Å². The zero-order chi connectivity index (χ0) is 11.2. The Balaban J connectivity index is 1.95. The van der Waals surface area contributed by atoms with Crippen molar-refractivity contribution in [3.63, 3.8) is 0 Å². The molecule has 2 nitrogen and oxygen atoms in total. The van der Waals surface area contributed by atoms with E-state index in [1.54, 1.807) is 0 Å². The van der Waals surface area contributed by atoms with Gasteiger partial charge in [-0.05, 0) is 12.0 Å². The van der Waals surface area contributed by atoms with Crippen LogP contribution < -0.4 is 5.32 Å². The molecule has 2 heteroatoms. The van der Waals surface area contributed by atoms with Crippen LogP contribution in [0.3, 0.4) is 0 Å². The van der Waals surface area contributed by atoms with Gasteiger partial charge in [0.1, 0.15) is 0 Å². The van der Waals surface area contributed by atoms with E-state index in [0.717, 1.165) is 13.2 Å². The van der Waals surface area contributed by atoms with Gasteiger partial charge in [0.15, 0.2) is 0 Å². The molecular weight excluding hydrogens is 198 g/mol. The second-order valence-electron chi connectivity index (χ2n) is 4.51. The molecular formula is C14H21NO. The summed E-state index contributed by atoms with van der Waals surface area (Å²) in [5.41, 5.74) is 1.41. The molecule has 1 aliphatic heterocycles. The van der Waals surface area contributed by atoms with Gasteiger partial charge in [-0.3, -0.25) is 0 Å². The third kappa shape index (κ3) is 3.06. The van der Waals surface area contributed by atoms with E-state index in [9.17, 15) is 0 Å². The smallest absolute Gasteiger partial charge is 0.0643 e. The molecule has 0 radical (unpaired) electrons. The third-order valence-corrected chi connectivity index (χ3v) is 3.12. The van der Waals surface area contributed by atoms with E-state index in [1.165, 1.54) is 24.8 Å². The van der Waals surface area contributed by atoms with Crippen molar-refractivity contribution in [1.29, 1.82) is 0 Å². The van der Waals surface area contributed by atoms with Crippen molar-refractivity contribution < 1.29 is 4.74 Å². The highest BCUT2D eigenvalue weighted by Crippen LogP contribution is 2.21. The number of benzene rings is 1. The molecule has 0 aromatic heterocycles. The largest absolute Gasteiger partial charge is 0.378 e. The van der Waals surface area contributed by atoms with Crippen molar-refractivity contribution in [2.45, 2.75) is 38.3 Å². The summed E-state index contributed by atoms with van der Waals surface area (Å²) in [6, 6.07) is 11.8. The van der Waals surface area contributed by atoms with E-state index in [2.05, 4.69) is 42.6 Å². The zero-order valence-corrected chi connectivity index (χ0v) is 9.99. The van der Waals surface area contributed by atoms with Crippen molar-refractivity contribution >= 4 is 0 Å². The lowest BCUT2D eigenvalue weighted by Crippen LogP contribution is -2.47. The number of ether oxygens (including phenoxy) is 1. The molecule has 1 aromatic carbocycles. The molecule has 1 atom stereocenters. The van der Waals surface area contributed by atoms with Crippen molar-refractivity contribution in [1.82, 2.24) is 5.32 Å². The van der Waals surface area contributed by atoms with Gasteiger partial charge in [-0.15, -0.1) is 0 Å². The van der Waals surface area contributed by atoms with E-state index in [1.807, 2.05) is 0 Å². The number of hydrogen-bond acceptors (Lipinski definition) is 2. The first-order valence-corrected chi connectivity index (χ1v) is 6.29. The second-order valence-corrected chi connectivity index (χ2v) is 4.51. The van der Waals surface area contributed by atoms with E-state index < -0.39 is 0 Å². The molecule has 1 heterocycles. The molecule has 1 N–H and O–H groups in total. The minimum atomic E-state index is 0.495. The Morgan fingerprint density at radius 2 is 2.06 bits per heavy atom. The monoisotopic (exact) mass is 219 g/mol. The molecule has 1 aliphatic rings. The minimum Gasteiger partial charge on any atom is -0.378 e. The molecule has 0 bridgehead atoms. The Labute approximate surface area is 98.0 Å². The molecule has 1 saturated heterocycles. The van der Waals surface area contributed by atoms with Crippen molar-refractivity contribution in [2.75, 3.05) is 13.2 Å². The quantitative estimate of drug-likeness (QED) is 0.794. The first kappa shape index (κ1) is 11.6. The lowest BCUT2D eigenvalue weighted by Gasteiger charge is -2.32. The predicted molar refractivity (Wildman–Crippen MR) is 66.5 cm³/mol. The molecule has 0 spiro atoms. The topological polar surface area (TPSA) is 21.3 Å². The predicted octanol–water partition coefficient (Wildman–Crippen LogP) is 2.91. The summed E-state index contributed by atoms with van der Waals surface area (Å²) < 4.78 is 5.21.